The van der Waals surface area contributed by atoms with Crippen LogP contribution in [-0.4, -0.2) is 14.7 Å². The van der Waals surface area contributed by atoms with Gasteiger partial charge in [0.1, 0.15) is 17.5 Å². The van der Waals surface area contributed by atoms with Crippen LogP contribution in [0.5, 0.6) is 0 Å². The molecule has 1 atom stereocenters. The first-order valence-corrected chi connectivity index (χ1v) is 5.36. The first kappa shape index (κ1) is 12.3. The van der Waals surface area contributed by atoms with Crippen LogP contribution in [0.15, 0.2) is 30.7 Å². The van der Waals surface area contributed by atoms with Crippen molar-refractivity contribution in [2.45, 2.75) is 12.5 Å². The number of rotatable bonds is 2. The van der Waals surface area contributed by atoms with E-state index in [1.807, 2.05) is 0 Å². The van der Waals surface area contributed by atoms with Crippen molar-refractivity contribution < 1.29 is 9.50 Å². The molecular formula is C13H12FN3O. The van der Waals surface area contributed by atoms with Gasteiger partial charge in [-0.15, -0.1) is 0 Å². The zero-order valence-electron chi connectivity index (χ0n) is 10.1. The minimum Gasteiger partial charge on any atom is -0.379 e. The Bertz CT molecular complexity index is 625. The number of aromatic nitrogens is 2. The van der Waals surface area contributed by atoms with E-state index in [0.717, 1.165) is 6.07 Å². The Labute approximate surface area is 104 Å². The first-order valence-electron chi connectivity index (χ1n) is 5.36. The zero-order chi connectivity index (χ0) is 13.3. The van der Waals surface area contributed by atoms with E-state index >= 15 is 0 Å². The normalized spacial score (nSPS) is 13.9. The lowest BCUT2D eigenvalue weighted by Gasteiger charge is -2.21. The minimum atomic E-state index is -1.39. The summed E-state index contributed by atoms with van der Waals surface area (Å²) in [7, 11) is 1.78. The first-order chi connectivity index (χ1) is 8.45. The summed E-state index contributed by atoms with van der Waals surface area (Å²) < 4.78 is 15.2. The topological polar surface area (TPSA) is 61.8 Å². The van der Waals surface area contributed by atoms with Crippen molar-refractivity contribution in [3.05, 3.63) is 53.4 Å². The van der Waals surface area contributed by atoms with Crippen molar-refractivity contribution in [1.29, 1.82) is 5.26 Å². The number of aliphatic hydroxyl groups is 1. The predicted octanol–water partition coefficient (Wildman–Crippen LogP) is 1.69. The van der Waals surface area contributed by atoms with E-state index < -0.39 is 11.4 Å². The molecule has 0 spiro atoms. The van der Waals surface area contributed by atoms with E-state index in [1.165, 1.54) is 19.1 Å². The quantitative estimate of drug-likeness (QED) is 0.875. The third-order valence-corrected chi connectivity index (χ3v) is 2.86. The monoisotopic (exact) mass is 245 g/mol. The zero-order valence-corrected chi connectivity index (χ0v) is 10.1. The second-order valence-corrected chi connectivity index (χ2v) is 4.30. The molecule has 0 saturated carbocycles. The Morgan fingerprint density at radius 1 is 1.50 bits per heavy atom. The van der Waals surface area contributed by atoms with Crippen molar-refractivity contribution >= 4 is 0 Å². The van der Waals surface area contributed by atoms with E-state index in [4.69, 9.17) is 5.26 Å². The second kappa shape index (κ2) is 4.24. The molecule has 5 heteroatoms. The molecule has 0 fully saturated rings. The Balaban J connectivity index is 2.48. The lowest BCUT2D eigenvalue weighted by atomic mass is 9.92. The molecule has 2 rings (SSSR count). The van der Waals surface area contributed by atoms with E-state index in [1.54, 1.807) is 30.2 Å². The SMILES string of the molecule is Cn1cnc(C(C)(O)c2ccc(C#N)c(F)c2)c1. The highest BCUT2D eigenvalue weighted by molar-refractivity contribution is 5.38. The van der Waals surface area contributed by atoms with Crippen LogP contribution in [-0.2, 0) is 12.6 Å². The number of halogens is 1. The molecule has 1 aromatic heterocycles. The highest BCUT2D eigenvalue weighted by Crippen LogP contribution is 2.28. The van der Waals surface area contributed by atoms with Gasteiger partial charge in [0, 0.05) is 13.2 Å². The predicted molar refractivity (Wildman–Crippen MR) is 63.0 cm³/mol. The molecule has 18 heavy (non-hydrogen) atoms. The maximum absolute atomic E-state index is 13.5. The molecule has 0 aliphatic carbocycles. The van der Waals surface area contributed by atoms with Crippen LogP contribution < -0.4 is 0 Å². The van der Waals surface area contributed by atoms with Crippen molar-refractivity contribution in [2.24, 2.45) is 7.05 Å². The van der Waals surface area contributed by atoms with Crippen LogP contribution in [0.1, 0.15) is 23.7 Å². The number of nitrogens with zero attached hydrogens (tertiary/aromatic N) is 3. The average molecular weight is 245 g/mol. The molecule has 0 saturated heterocycles. The third-order valence-electron chi connectivity index (χ3n) is 2.86. The maximum atomic E-state index is 13.5. The van der Waals surface area contributed by atoms with Crippen molar-refractivity contribution in [3.8, 4) is 6.07 Å². The van der Waals surface area contributed by atoms with Gasteiger partial charge >= 0.3 is 0 Å². The molecule has 2 aromatic rings. The number of aryl methyl sites for hydroxylation is 1. The highest BCUT2D eigenvalue weighted by atomic mass is 19.1. The standard InChI is InChI=1S/C13H12FN3O/c1-13(18,12-7-17(2)8-16-12)10-4-3-9(6-15)11(14)5-10/h3-5,7-8,18H,1-2H3. The minimum absolute atomic E-state index is 0.0458. The number of hydrogen-bond donors (Lipinski definition) is 1. The molecule has 1 aromatic carbocycles. The highest BCUT2D eigenvalue weighted by Gasteiger charge is 2.28. The molecule has 0 amide bonds. The Kier molecular flexibility index (Phi) is 2.89. The molecule has 4 nitrogen and oxygen atoms in total. The lowest BCUT2D eigenvalue weighted by molar-refractivity contribution is 0.0974. The molecule has 0 bridgehead atoms. The largest absolute Gasteiger partial charge is 0.379 e. The van der Waals surface area contributed by atoms with Crippen LogP contribution in [0.3, 0.4) is 0 Å². The van der Waals surface area contributed by atoms with Crippen LogP contribution in [0, 0.1) is 17.1 Å². The second-order valence-electron chi connectivity index (χ2n) is 4.30. The number of benzene rings is 1. The molecule has 1 N–H and O–H groups in total. The van der Waals surface area contributed by atoms with E-state index in [2.05, 4.69) is 4.98 Å². The van der Waals surface area contributed by atoms with E-state index in [9.17, 15) is 9.50 Å². The summed E-state index contributed by atoms with van der Waals surface area (Å²) in [6.07, 6.45) is 3.22. The molecule has 0 aliphatic rings. The smallest absolute Gasteiger partial charge is 0.141 e. The van der Waals surface area contributed by atoms with Crippen LogP contribution >= 0.6 is 0 Å². The fourth-order valence-electron chi connectivity index (χ4n) is 1.72. The number of nitriles is 1. The van der Waals surface area contributed by atoms with Crippen LogP contribution in [0.25, 0.3) is 0 Å². The lowest BCUT2D eigenvalue weighted by Crippen LogP contribution is -2.23. The van der Waals surface area contributed by atoms with Gasteiger partial charge in [0.05, 0.1) is 17.6 Å². The van der Waals surface area contributed by atoms with Crippen molar-refractivity contribution in [3.63, 3.8) is 0 Å². The van der Waals surface area contributed by atoms with E-state index in [0.29, 0.717) is 11.3 Å². The van der Waals surface area contributed by atoms with Gasteiger partial charge in [0.15, 0.2) is 0 Å². The summed E-state index contributed by atoms with van der Waals surface area (Å²) in [5.74, 6) is -0.647. The molecular weight excluding hydrogens is 233 g/mol. The molecule has 0 radical (unpaired) electrons. The van der Waals surface area contributed by atoms with Gasteiger partial charge in [-0.3, -0.25) is 0 Å². The van der Waals surface area contributed by atoms with Gasteiger partial charge in [0.25, 0.3) is 0 Å². The Morgan fingerprint density at radius 2 is 2.22 bits per heavy atom. The van der Waals surface area contributed by atoms with Gasteiger partial charge in [-0.25, -0.2) is 9.37 Å². The maximum Gasteiger partial charge on any atom is 0.141 e. The molecule has 1 heterocycles. The van der Waals surface area contributed by atoms with Gasteiger partial charge in [0.2, 0.25) is 0 Å². The van der Waals surface area contributed by atoms with Crippen LogP contribution in [0.4, 0.5) is 4.39 Å². The van der Waals surface area contributed by atoms with Gasteiger partial charge in [-0.1, -0.05) is 6.07 Å². The van der Waals surface area contributed by atoms with Crippen molar-refractivity contribution in [1.82, 2.24) is 9.55 Å². The molecule has 92 valence electrons. The number of imidazole rings is 1. The third kappa shape index (κ3) is 1.98. The van der Waals surface area contributed by atoms with Gasteiger partial charge < -0.3 is 9.67 Å². The Morgan fingerprint density at radius 3 is 2.72 bits per heavy atom. The summed E-state index contributed by atoms with van der Waals surface area (Å²) in [5.41, 5.74) is -0.654. The average Bonchev–Trinajstić information content (AvgIpc) is 2.76. The van der Waals surface area contributed by atoms with Gasteiger partial charge in [-0.2, -0.15) is 5.26 Å². The molecule has 0 aliphatic heterocycles. The summed E-state index contributed by atoms with van der Waals surface area (Å²) >= 11 is 0. The van der Waals surface area contributed by atoms with Crippen LogP contribution in [0.2, 0.25) is 0 Å². The summed E-state index contributed by atoms with van der Waals surface area (Å²) in [6.45, 7) is 1.54. The van der Waals surface area contributed by atoms with Gasteiger partial charge in [-0.05, 0) is 24.6 Å². The summed E-state index contributed by atoms with van der Waals surface area (Å²) in [4.78, 5) is 4.06. The summed E-state index contributed by atoms with van der Waals surface area (Å²) in [5, 5.41) is 19.1. The van der Waals surface area contributed by atoms with E-state index in [-0.39, 0.29) is 5.56 Å². The fraction of sp³-hybridized carbons (Fsp3) is 0.231. The van der Waals surface area contributed by atoms with Crippen molar-refractivity contribution in [2.75, 3.05) is 0 Å². The molecule has 1 unspecified atom stereocenters. The fourth-order valence-corrected chi connectivity index (χ4v) is 1.72. The Hall–Kier alpha value is -2.19. The summed E-state index contributed by atoms with van der Waals surface area (Å²) in [6, 6.07) is 5.77. The number of hydrogen-bond acceptors (Lipinski definition) is 3.